The fourth-order valence-electron chi connectivity index (χ4n) is 3.68. The molecule has 2 bridgehead atoms. The molecule has 0 aliphatic carbocycles. The van der Waals surface area contributed by atoms with E-state index in [-0.39, 0.29) is 5.78 Å². The van der Waals surface area contributed by atoms with Crippen LogP contribution in [-0.2, 0) is 4.79 Å². The van der Waals surface area contributed by atoms with Gasteiger partial charge in [0.2, 0.25) is 0 Å². The largest absolute Gasteiger partial charge is 0.373 e. The van der Waals surface area contributed by atoms with Gasteiger partial charge in [-0.25, -0.2) is 0 Å². The lowest BCUT2D eigenvalue weighted by atomic mass is 9.72. The number of nitrogens with one attached hydrogen (secondary N) is 1. The molecule has 0 spiro atoms. The molecule has 4 atom stereocenters. The highest BCUT2D eigenvalue weighted by molar-refractivity contribution is 5.90. The fraction of sp³-hybridized carbons (Fsp3) is 0.643. The van der Waals surface area contributed by atoms with Gasteiger partial charge in [-0.15, -0.1) is 6.58 Å². The van der Waals surface area contributed by atoms with Crippen molar-refractivity contribution in [3.8, 4) is 0 Å². The zero-order valence-electron chi connectivity index (χ0n) is 10.1. The Balaban J connectivity index is 1.83. The van der Waals surface area contributed by atoms with E-state index in [4.69, 9.17) is 0 Å². The highest BCUT2D eigenvalue weighted by Gasteiger charge is 2.43. The van der Waals surface area contributed by atoms with E-state index in [9.17, 15) is 4.79 Å². The molecular formula is C14H20N2O. The van der Waals surface area contributed by atoms with Crippen molar-refractivity contribution in [1.29, 1.82) is 0 Å². The molecule has 0 amide bonds. The molecule has 3 heteroatoms. The molecule has 2 fully saturated rings. The molecule has 0 radical (unpaired) electrons. The topological polar surface area (TPSA) is 32.3 Å². The van der Waals surface area contributed by atoms with E-state index in [1.54, 1.807) is 6.08 Å². The predicted molar refractivity (Wildman–Crippen MR) is 67.5 cm³/mol. The summed E-state index contributed by atoms with van der Waals surface area (Å²) >= 11 is 0. The van der Waals surface area contributed by atoms with Gasteiger partial charge in [0, 0.05) is 31.2 Å². The lowest BCUT2D eigenvalue weighted by Gasteiger charge is -2.51. The summed E-state index contributed by atoms with van der Waals surface area (Å²) in [6.45, 7) is 6.07. The van der Waals surface area contributed by atoms with Gasteiger partial charge in [0.1, 0.15) is 0 Å². The molecule has 0 saturated carbocycles. The van der Waals surface area contributed by atoms with Crippen molar-refractivity contribution in [3.05, 3.63) is 24.9 Å². The second kappa shape index (κ2) is 4.30. The third kappa shape index (κ3) is 1.93. The molecule has 2 saturated heterocycles. The first-order chi connectivity index (χ1) is 8.28. The first kappa shape index (κ1) is 11.0. The zero-order chi connectivity index (χ0) is 11.8. The molecular weight excluding hydrogens is 212 g/mol. The first-order valence-corrected chi connectivity index (χ1v) is 6.59. The summed E-state index contributed by atoms with van der Waals surface area (Å²) in [4.78, 5) is 14.0. The van der Waals surface area contributed by atoms with Crippen LogP contribution in [0.5, 0.6) is 0 Å². The van der Waals surface area contributed by atoms with Gasteiger partial charge in [-0.1, -0.05) is 6.08 Å². The summed E-state index contributed by atoms with van der Waals surface area (Å²) in [7, 11) is 0. The maximum Gasteiger partial charge on any atom is 0.159 e. The number of carbonyl (C=O) groups excluding carboxylic acids is 1. The molecule has 1 N–H and O–H groups in total. The minimum absolute atomic E-state index is 0.285. The van der Waals surface area contributed by atoms with E-state index in [0.717, 1.165) is 25.4 Å². The Labute approximate surface area is 103 Å². The van der Waals surface area contributed by atoms with E-state index < -0.39 is 0 Å². The zero-order valence-corrected chi connectivity index (χ0v) is 10.1. The molecule has 3 nitrogen and oxygen atoms in total. The Morgan fingerprint density at radius 2 is 2.47 bits per heavy atom. The van der Waals surface area contributed by atoms with E-state index in [1.807, 2.05) is 12.3 Å². The van der Waals surface area contributed by atoms with Crippen molar-refractivity contribution in [2.45, 2.75) is 31.3 Å². The second-order valence-corrected chi connectivity index (χ2v) is 5.56. The Kier molecular flexibility index (Phi) is 2.79. The molecule has 0 aromatic carbocycles. The lowest BCUT2D eigenvalue weighted by Crippen LogP contribution is -2.60. The van der Waals surface area contributed by atoms with E-state index in [0.29, 0.717) is 24.4 Å². The molecule has 3 aliphatic rings. The van der Waals surface area contributed by atoms with Crippen LogP contribution in [0.2, 0.25) is 0 Å². The molecule has 92 valence electrons. The maximum absolute atomic E-state index is 11.6. The van der Waals surface area contributed by atoms with Gasteiger partial charge in [-0.05, 0) is 37.3 Å². The Bertz CT molecular complexity index is 363. The number of ketones is 1. The number of hydrogen-bond acceptors (Lipinski definition) is 3. The second-order valence-electron chi connectivity index (χ2n) is 5.56. The number of nitrogens with zero attached hydrogens (tertiary/aromatic N) is 1. The van der Waals surface area contributed by atoms with Crippen LogP contribution in [0.15, 0.2) is 24.9 Å². The molecule has 3 heterocycles. The van der Waals surface area contributed by atoms with Crippen LogP contribution in [0, 0.1) is 11.8 Å². The van der Waals surface area contributed by atoms with Gasteiger partial charge in [0.15, 0.2) is 5.78 Å². The van der Waals surface area contributed by atoms with E-state index in [1.165, 1.54) is 6.42 Å². The van der Waals surface area contributed by atoms with Crippen LogP contribution in [0.4, 0.5) is 0 Å². The van der Waals surface area contributed by atoms with Crippen molar-refractivity contribution in [3.63, 3.8) is 0 Å². The summed E-state index contributed by atoms with van der Waals surface area (Å²) in [5.74, 6) is 1.64. The van der Waals surface area contributed by atoms with Crippen molar-refractivity contribution >= 4 is 5.78 Å². The number of piperidine rings is 2. The number of rotatable bonds is 2. The SMILES string of the molecule is C=CCC1NCC2CC1C1CC(=O)C=CN1C2. The lowest BCUT2D eigenvalue weighted by molar-refractivity contribution is -0.118. The summed E-state index contributed by atoms with van der Waals surface area (Å²) in [6.07, 6.45) is 8.74. The standard InChI is InChI=1S/C14H20N2O/c1-2-3-13-12-6-10(8-15-13)9-16-5-4-11(17)7-14(12)16/h2,4-5,10,12-15H,1,3,6-9H2. The summed E-state index contributed by atoms with van der Waals surface area (Å²) in [5.41, 5.74) is 0. The summed E-state index contributed by atoms with van der Waals surface area (Å²) in [6, 6.07) is 0.928. The normalized spacial score (nSPS) is 40.0. The van der Waals surface area contributed by atoms with Crippen molar-refractivity contribution in [1.82, 2.24) is 10.2 Å². The number of hydrogen-bond donors (Lipinski definition) is 1. The minimum Gasteiger partial charge on any atom is -0.373 e. The average Bonchev–Trinajstić information content (AvgIpc) is 2.34. The first-order valence-electron chi connectivity index (χ1n) is 6.59. The van der Waals surface area contributed by atoms with Crippen LogP contribution in [0.1, 0.15) is 19.3 Å². The Morgan fingerprint density at radius 1 is 1.59 bits per heavy atom. The van der Waals surface area contributed by atoms with E-state index in [2.05, 4.69) is 16.8 Å². The van der Waals surface area contributed by atoms with E-state index >= 15 is 0 Å². The van der Waals surface area contributed by atoms with Crippen LogP contribution in [0.25, 0.3) is 0 Å². The Morgan fingerprint density at radius 3 is 3.29 bits per heavy atom. The Hall–Kier alpha value is -1.09. The van der Waals surface area contributed by atoms with Crippen LogP contribution >= 0.6 is 0 Å². The molecule has 0 aromatic rings. The number of carbonyl (C=O) groups is 1. The third-order valence-electron chi connectivity index (χ3n) is 4.46. The van der Waals surface area contributed by atoms with Crippen LogP contribution in [0.3, 0.4) is 0 Å². The number of fused-ring (bicyclic) bond motifs is 4. The van der Waals surface area contributed by atoms with Crippen molar-refractivity contribution in [2.75, 3.05) is 13.1 Å². The predicted octanol–water partition coefficient (Wildman–Crippen LogP) is 1.33. The molecule has 3 aliphatic heterocycles. The number of allylic oxidation sites excluding steroid dienone is 1. The third-order valence-corrected chi connectivity index (χ3v) is 4.46. The van der Waals surface area contributed by atoms with Gasteiger partial charge < -0.3 is 10.2 Å². The maximum atomic E-state index is 11.6. The summed E-state index contributed by atoms with van der Waals surface area (Å²) < 4.78 is 0. The van der Waals surface area contributed by atoms with Gasteiger partial charge in [-0.3, -0.25) is 4.79 Å². The monoisotopic (exact) mass is 232 g/mol. The summed E-state index contributed by atoms with van der Waals surface area (Å²) in [5, 5.41) is 3.64. The highest BCUT2D eigenvalue weighted by Crippen LogP contribution is 2.37. The van der Waals surface area contributed by atoms with Gasteiger partial charge >= 0.3 is 0 Å². The van der Waals surface area contributed by atoms with Gasteiger partial charge in [0.05, 0.1) is 0 Å². The molecule has 17 heavy (non-hydrogen) atoms. The quantitative estimate of drug-likeness (QED) is 0.729. The minimum atomic E-state index is 0.285. The van der Waals surface area contributed by atoms with Crippen LogP contribution in [-0.4, -0.2) is 35.9 Å². The van der Waals surface area contributed by atoms with Crippen LogP contribution < -0.4 is 5.32 Å². The fourth-order valence-corrected chi connectivity index (χ4v) is 3.68. The molecule has 4 unspecified atom stereocenters. The smallest absolute Gasteiger partial charge is 0.159 e. The highest BCUT2D eigenvalue weighted by atomic mass is 16.1. The van der Waals surface area contributed by atoms with Gasteiger partial charge in [-0.2, -0.15) is 0 Å². The molecule has 3 rings (SSSR count). The molecule has 0 aromatic heterocycles. The van der Waals surface area contributed by atoms with Crippen molar-refractivity contribution < 1.29 is 4.79 Å². The van der Waals surface area contributed by atoms with Gasteiger partial charge in [0.25, 0.3) is 0 Å². The van der Waals surface area contributed by atoms with Crippen molar-refractivity contribution in [2.24, 2.45) is 11.8 Å². The average molecular weight is 232 g/mol.